The Morgan fingerprint density at radius 1 is 1.41 bits per heavy atom. The van der Waals surface area contributed by atoms with Crippen LogP contribution in [0.1, 0.15) is 27.2 Å². The molecule has 0 saturated heterocycles. The van der Waals surface area contributed by atoms with E-state index in [2.05, 4.69) is 17.9 Å². The zero-order chi connectivity index (χ0) is 13.8. The van der Waals surface area contributed by atoms with Crippen molar-refractivity contribution >= 4 is 24.5 Å². The van der Waals surface area contributed by atoms with Crippen LogP contribution in [-0.4, -0.2) is 40.5 Å². The minimum absolute atomic E-state index is 0.00838. The summed E-state index contributed by atoms with van der Waals surface area (Å²) in [6, 6.07) is 0. The summed E-state index contributed by atoms with van der Waals surface area (Å²) in [6.45, 7) is 5.62. The van der Waals surface area contributed by atoms with Crippen LogP contribution in [0.2, 0.25) is 0 Å². The predicted molar refractivity (Wildman–Crippen MR) is 70.2 cm³/mol. The summed E-state index contributed by atoms with van der Waals surface area (Å²) in [5.41, 5.74) is 0.697. The zero-order valence-electron chi connectivity index (χ0n) is 10.4. The largest absolute Gasteiger partial charge is 0.481 e. The van der Waals surface area contributed by atoms with Gasteiger partial charge in [0.2, 0.25) is 5.91 Å². The van der Waals surface area contributed by atoms with Gasteiger partial charge in [0.1, 0.15) is 0 Å². The number of hydrogen-bond donors (Lipinski definition) is 4. The summed E-state index contributed by atoms with van der Waals surface area (Å²) in [7, 11) is 0. The van der Waals surface area contributed by atoms with Crippen LogP contribution in [-0.2, 0) is 9.59 Å². The first-order chi connectivity index (χ1) is 7.84. The fraction of sp³-hybridized carbons (Fsp3) is 0.636. The smallest absolute Gasteiger partial charge is 0.306 e. The second-order valence-corrected chi connectivity index (χ2v) is 3.80. The van der Waals surface area contributed by atoms with Gasteiger partial charge in [0.15, 0.2) is 0 Å². The Morgan fingerprint density at radius 2 is 1.94 bits per heavy atom. The SMILES string of the molecule is C/C=C(\C)C(O)CC(=O)O.CC(=O)NCCS. The average Bonchev–Trinajstić information content (AvgIpc) is 2.25. The molecule has 0 aliphatic heterocycles. The van der Waals surface area contributed by atoms with Crippen molar-refractivity contribution in [2.24, 2.45) is 0 Å². The van der Waals surface area contributed by atoms with E-state index in [0.717, 1.165) is 0 Å². The lowest BCUT2D eigenvalue weighted by Gasteiger charge is -2.06. The Morgan fingerprint density at radius 3 is 2.18 bits per heavy atom. The summed E-state index contributed by atoms with van der Waals surface area (Å²) in [6.07, 6.45) is 0.659. The van der Waals surface area contributed by atoms with Gasteiger partial charge in [0.25, 0.3) is 0 Å². The van der Waals surface area contributed by atoms with Crippen molar-refractivity contribution in [2.75, 3.05) is 12.3 Å². The van der Waals surface area contributed by atoms with Gasteiger partial charge >= 0.3 is 5.97 Å². The van der Waals surface area contributed by atoms with Crippen molar-refractivity contribution in [1.29, 1.82) is 0 Å². The van der Waals surface area contributed by atoms with Crippen LogP contribution in [0.3, 0.4) is 0 Å². The first kappa shape index (κ1) is 18.4. The Hall–Kier alpha value is -1.01. The molecule has 6 heteroatoms. The molecular weight excluding hydrogens is 242 g/mol. The maximum atomic E-state index is 10.1. The molecule has 0 saturated carbocycles. The summed E-state index contributed by atoms with van der Waals surface area (Å²) in [5.74, 6) is -0.262. The lowest BCUT2D eigenvalue weighted by atomic mass is 10.1. The number of allylic oxidation sites excluding steroid dienone is 1. The van der Waals surface area contributed by atoms with Crippen LogP contribution in [0.4, 0.5) is 0 Å². The van der Waals surface area contributed by atoms with Crippen molar-refractivity contribution < 1.29 is 19.8 Å². The highest BCUT2D eigenvalue weighted by Gasteiger charge is 2.09. The van der Waals surface area contributed by atoms with Crippen molar-refractivity contribution in [2.45, 2.75) is 33.3 Å². The van der Waals surface area contributed by atoms with E-state index in [1.807, 2.05) is 0 Å². The molecule has 0 spiro atoms. The third kappa shape index (κ3) is 15.0. The standard InChI is InChI=1S/C7H12O3.C4H9NOS/c1-3-5(2)6(8)4-7(9)10;1-4(6)5-2-3-7/h3,6,8H,4H2,1-2H3,(H,9,10);7H,2-3H2,1H3,(H,5,6)/b5-3+;. The van der Waals surface area contributed by atoms with Gasteiger partial charge in [-0.15, -0.1) is 0 Å². The Kier molecular flexibility index (Phi) is 12.4. The summed E-state index contributed by atoms with van der Waals surface area (Å²) in [5, 5.41) is 19.9. The van der Waals surface area contributed by atoms with E-state index >= 15 is 0 Å². The predicted octanol–water partition coefficient (Wildman–Crippen LogP) is 0.840. The minimum Gasteiger partial charge on any atom is -0.481 e. The number of carbonyl (C=O) groups is 2. The summed E-state index contributed by atoms with van der Waals surface area (Å²) < 4.78 is 0. The van der Waals surface area contributed by atoms with Crippen LogP contribution in [0.5, 0.6) is 0 Å². The number of carboxylic acids is 1. The third-order valence-electron chi connectivity index (χ3n) is 1.83. The number of rotatable bonds is 5. The monoisotopic (exact) mass is 263 g/mol. The molecule has 0 bridgehead atoms. The molecular formula is C11H21NO4S. The van der Waals surface area contributed by atoms with Crippen LogP contribution in [0.25, 0.3) is 0 Å². The van der Waals surface area contributed by atoms with Crippen molar-refractivity contribution in [1.82, 2.24) is 5.32 Å². The quantitative estimate of drug-likeness (QED) is 0.437. The van der Waals surface area contributed by atoms with Gasteiger partial charge in [0.05, 0.1) is 12.5 Å². The number of amides is 1. The molecule has 0 aromatic rings. The highest BCUT2D eigenvalue weighted by Crippen LogP contribution is 2.04. The molecule has 0 rings (SSSR count). The second-order valence-electron chi connectivity index (χ2n) is 3.35. The van der Waals surface area contributed by atoms with Gasteiger partial charge in [-0.25, -0.2) is 0 Å². The van der Waals surface area contributed by atoms with Gasteiger partial charge in [-0.1, -0.05) is 6.08 Å². The molecule has 3 N–H and O–H groups in total. The van der Waals surface area contributed by atoms with E-state index in [1.54, 1.807) is 19.9 Å². The number of carbonyl (C=O) groups excluding carboxylic acids is 1. The van der Waals surface area contributed by atoms with Gasteiger partial charge in [-0.3, -0.25) is 9.59 Å². The Labute approximate surface area is 107 Å². The topological polar surface area (TPSA) is 86.6 Å². The molecule has 0 aromatic carbocycles. The lowest BCUT2D eigenvalue weighted by Crippen LogP contribution is -2.21. The number of carboxylic acid groups (broad SMARTS) is 1. The number of aliphatic carboxylic acids is 1. The Bertz CT molecular complexity index is 266. The Balaban J connectivity index is 0. The minimum atomic E-state index is -0.978. The van der Waals surface area contributed by atoms with Crippen LogP contribution < -0.4 is 5.32 Å². The van der Waals surface area contributed by atoms with Crippen molar-refractivity contribution in [3.63, 3.8) is 0 Å². The molecule has 0 fully saturated rings. The number of aliphatic hydroxyl groups excluding tert-OH is 1. The van der Waals surface area contributed by atoms with Crippen LogP contribution in [0, 0.1) is 0 Å². The van der Waals surface area contributed by atoms with Gasteiger partial charge in [-0.05, 0) is 19.4 Å². The van der Waals surface area contributed by atoms with E-state index in [4.69, 9.17) is 10.2 Å². The van der Waals surface area contributed by atoms with Gasteiger partial charge in [0, 0.05) is 19.2 Å². The van der Waals surface area contributed by atoms with E-state index < -0.39 is 12.1 Å². The molecule has 0 radical (unpaired) electrons. The van der Waals surface area contributed by atoms with Gasteiger partial charge in [-0.2, -0.15) is 12.6 Å². The molecule has 0 aromatic heterocycles. The fourth-order valence-electron chi connectivity index (χ4n) is 0.751. The highest BCUT2D eigenvalue weighted by molar-refractivity contribution is 7.80. The molecule has 1 amide bonds. The molecule has 0 aliphatic rings. The number of hydrogen-bond acceptors (Lipinski definition) is 4. The third-order valence-corrected chi connectivity index (χ3v) is 2.06. The summed E-state index contributed by atoms with van der Waals surface area (Å²) >= 11 is 3.88. The molecule has 0 aliphatic carbocycles. The van der Waals surface area contributed by atoms with Crippen molar-refractivity contribution in [3.8, 4) is 0 Å². The van der Waals surface area contributed by atoms with Gasteiger partial charge < -0.3 is 15.5 Å². The number of thiol groups is 1. The van der Waals surface area contributed by atoms with E-state index in [9.17, 15) is 9.59 Å². The molecule has 0 heterocycles. The normalized spacial score (nSPS) is 12.2. The highest BCUT2D eigenvalue weighted by atomic mass is 32.1. The molecule has 100 valence electrons. The number of aliphatic hydroxyl groups is 1. The molecule has 1 atom stereocenters. The lowest BCUT2D eigenvalue weighted by molar-refractivity contribution is -0.138. The second kappa shape index (κ2) is 11.5. The summed E-state index contributed by atoms with van der Waals surface area (Å²) in [4.78, 5) is 20.1. The average molecular weight is 263 g/mol. The molecule has 1 unspecified atom stereocenters. The fourth-order valence-corrected chi connectivity index (χ4v) is 0.863. The van der Waals surface area contributed by atoms with E-state index in [-0.39, 0.29) is 12.3 Å². The maximum absolute atomic E-state index is 10.1. The number of nitrogens with one attached hydrogen (secondary N) is 1. The van der Waals surface area contributed by atoms with Crippen LogP contribution in [0.15, 0.2) is 11.6 Å². The van der Waals surface area contributed by atoms with E-state index in [1.165, 1.54) is 6.92 Å². The van der Waals surface area contributed by atoms with E-state index in [0.29, 0.717) is 17.9 Å². The van der Waals surface area contributed by atoms with Crippen molar-refractivity contribution in [3.05, 3.63) is 11.6 Å². The molecule has 17 heavy (non-hydrogen) atoms. The first-order valence-corrected chi connectivity index (χ1v) is 5.86. The molecule has 5 nitrogen and oxygen atoms in total. The zero-order valence-corrected chi connectivity index (χ0v) is 11.3. The maximum Gasteiger partial charge on any atom is 0.306 e. The van der Waals surface area contributed by atoms with Crippen LogP contribution >= 0.6 is 12.6 Å². The first-order valence-electron chi connectivity index (χ1n) is 5.23.